The van der Waals surface area contributed by atoms with E-state index in [-0.39, 0.29) is 10.9 Å². The minimum absolute atomic E-state index is 0.205. The molecule has 6 nitrogen and oxygen atoms in total. The number of thiophene rings is 1. The smallest absolute Gasteiger partial charge is 0.344 e. The number of aromatic carboxylic acids is 1. The van der Waals surface area contributed by atoms with Gasteiger partial charge in [0.1, 0.15) is 4.88 Å². The van der Waals surface area contributed by atoms with Gasteiger partial charge in [0.25, 0.3) is 0 Å². The first kappa shape index (κ1) is 19.6. The van der Waals surface area contributed by atoms with Crippen LogP contribution in [0.1, 0.15) is 26.8 Å². The zero-order chi connectivity index (χ0) is 19.6. The summed E-state index contributed by atoms with van der Waals surface area (Å²) >= 11 is 7.19. The van der Waals surface area contributed by atoms with Crippen molar-refractivity contribution in [1.82, 2.24) is 4.90 Å². The van der Waals surface area contributed by atoms with Crippen molar-refractivity contribution < 1.29 is 14.6 Å². The Morgan fingerprint density at radius 1 is 1.33 bits per heavy atom. The van der Waals surface area contributed by atoms with Gasteiger partial charge in [0.15, 0.2) is 0 Å². The number of carboxylic acids is 1. The summed E-state index contributed by atoms with van der Waals surface area (Å²) in [6.45, 7) is 10.2. The van der Waals surface area contributed by atoms with E-state index in [9.17, 15) is 9.90 Å². The van der Waals surface area contributed by atoms with Crippen molar-refractivity contribution in [2.45, 2.75) is 6.04 Å². The van der Waals surface area contributed by atoms with Crippen molar-refractivity contribution in [2.75, 3.05) is 45.3 Å². The summed E-state index contributed by atoms with van der Waals surface area (Å²) in [5.74, 6) is -1.01. The number of benzene rings is 1. The number of ether oxygens (including phenoxy) is 1. The largest absolute Gasteiger partial charge is 0.477 e. The second-order valence-electron chi connectivity index (χ2n) is 6.43. The number of morpholine rings is 1. The summed E-state index contributed by atoms with van der Waals surface area (Å²) < 4.78 is 5.39. The first-order valence-electron chi connectivity index (χ1n) is 8.46. The number of halogens is 1. The van der Waals surface area contributed by atoms with Crippen molar-refractivity contribution >= 4 is 39.6 Å². The Bertz CT molecular complexity index is 868. The van der Waals surface area contributed by atoms with Gasteiger partial charge in [-0.1, -0.05) is 23.7 Å². The molecule has 0 aliphatic carbocycles. The summed E-state index contributed by atoms with van der Waals surface area (Å²) in [4.78, 5) is 20.0. The van der Waals surface area contributed by atoms with Crippen LogP contribution in [0.2, 0.25) is 5.02 Å². The molecule has 1 N–H and O–H groups in total. The molecule has 1 aliphatic heterocycles. The third-order valence-electron chi connectivity index (χ3n) is 4.48. The predicted molar refractivity (Wildman–Crippen MR) is 108 cm³/mol. The minimum Gasteiger partial charge on any atom is -0.477 e. The van der Waals surface area contributed by atoms with Crippen LogP contribution in [0.25, 0.3) is 4.85 Å². The van der Waals surface area contributed by atoms with Crippen molar-refractivity contribution in [2.24, 2.45) is 0 Å². The number of carboxylic acid groups (broad SMARTS) is 1. The SMILES string of the molecule is [C-]#[N+]c1c(N2CCOCC2)sc(C(=O)O)c1C(c1ccc(Cl)cc1)N(C)C. The number of rotatable bonds is 5. The number of carbonyl (C=O) groups is 1. The van der Waals surface area contributed by atoms with Gasteiger partial charge in [-0.05, 0) is 31.8 Å². The van der Waals surface area contributed by atoms with E-state index in [0.717, 1.165) is 5.56 Å². The molecule has 0 radical (unpaired) electrons. The zero-order valence-electron chi connectivity index (χ0n) is 15.1. The molecular formula is C19H20ClN3O3S. The molecule has 1 unspecified atom stereocenters. The van der Waals surface area contributed by atoms with Gasteiger partial charge >= 0.3 is 5.97 Å². The molecule has 0 bridgehead atoms. The Labute approximate surface area is 167 Å². The average Bonchev–Trinajstić information content (AvgIpc) is 3.03. The fourth-order valence-electron chi connectivity index (χ4n) is 3.29. The lowest BCUT2D eigenvalue weighted by Gasteiger charge is -2.29. The van der Waals surface area contributed by atoms with E-state index in [1.165, 1.54) is 11.3 Å². The number of hydrogen-bond donors (Lipinski definition) is 1. The van der Waals surface area contributed by atoms with Crippen LogP contribution in [-0.4, -0.2) is 56.4 Å². The molecule has 1 aromatic heterocycles. The molecule has 27 heavy (non-hydrogen) atoms. The lowest BCUT2D eigenvalue weighted by molar-refractivity contribution is 0.0700. The zero-order valence-corrected chi connectivity index (χ0v) is 16.7. The molecule has 1 aliphatic rings. The Kier molecular flexibility index (Phi) is 6.02. The quantitative estimate of drug-likeness (QED) is 0.757. The fraction of sp³-hybridized carbons (Fsp3) is 0.368. The average molecular weight is 406 g/mol. The molecule has 2 aromatic rings. The number of hydrogen-bond acceptors (Lipinski definition) is 5. The fourth-order valence-corrected chi connectivity index (χ4v) is 4.58. The van der Waals surface area contributed by atoms with Crippen molar-refractivity contribution in [1.29, 1.82) is 0 Å². The van der Waals surface area contributed by atoms with Crippen LogP contribution in [0, 0.1) is 6.57 Å². The Hall–Kier alpha value is -2.11. The van der Waals surface area contributed by atoms with Crippen molar-refractivity contribution in [3.8, 4) is 0 Å². The maximum absolute atomic E-state index is 12.0. The highest BCUT2D eigenvalue weighted by molar-refractivity contribution is 7.18. The third kappa shape index (κ3) is 3.94. The molecule has 3 rings (SSSR count). The van der Waals surface area contributed by atoms with Gasteiger partial charge in [-0.2, -0.15) is 0 Å². The van der Waals surface area contributed by atoms with Gasteiger partial charge in [-0.3, -0.25) is 4.90 Å². The van der Waals surface area contributed by atoms with Gasteiger partial charge in [0.05, 0.1) is 30.8 Å². The van der Waals surface area contributed by atoms with Crippen LogP contribution in [0.3, 0.4) is 0 Å². The molecule has 2 heterocycles. The van der Waals surface area contributed by atoms with Crippen LogP contribution in [-0.2, 0) is 4.74 Å². The second kappa shape index (κ2) is 8.28. The highest BCUT2D eigenvalue weighted by Crippen LogP contribution is 2.48. The second-order valence-corrected chi connectivity index (χ2v) is 7.87. The summed E-state index contributed by atoms with van der Waals surface area (Å²) in [6, 6.07) is 6.95. The normalized spacial score (nSPS) is 15.6. The van der Waals surface area contributed by atoms with Gasteiger partial charge in [-0.25, -0.2) is 9.64 Å². The van der Waals surface area contributed by atoms with E-state index in [2.05, 4.69) is 4.85 Å². The summed E-state index contributed by atoms with van der Waals surface area (Å²) in [5.41, 5.74) is 1.84. The molecule has 0 spiro atoms. The highest BCUT2D eigenvalue weighted by atomic mass is 35.5. The molecular weight excluding hydrogens is 386 g/mol. The molecule has 1 aromatic carbocycles. The lowest BCUT2D eigenvalue weighted by atomic mass is 9.96. The number of anilines is 1. The van der Waals surface area contributed by atoms with Crippen LogP contribution < -0.4 is 4.90 Å². The van der Waals surface area contributed by atoms with E-state index >= 15 is 0 Å². The Balaban J connectivity index is 2.19. The topological polar surface area (TPSA) is 57.4 Å². The van der Waals surface area contributed by atoms with Crippen molar-refractivity contribution in [3.63, 3.8) is 0 Å². The summed E-state index contributed by atoms with van der Waals surface area (Å²) in [6.07, 6.45) is 0. The first-order valence-corrected chi connectivity index (χ1v) is 9.65. The lowest BCUT2D eigenvalue weighted by Crippen LogP contribution is -2.35. The predicted octanol–water partition coefficient (Wildman–Crippen LogP) is 4.14. The first-order chi connectivity index (χ1) is 12.9. The van der Waals surface area contributed by atoms with E-state index in [1.807, 2.05) is 36.0 Å². The molecule has 1 saturated heterocycles. The van der Waals surface area contributed by atoms with Gasteiger partial charge < -0.3 is 14.7 Å². The Morgan fingerprint density at radius 3 is 2.48 bits per heavy atom. The summed E-state index contributed by atoms with van der Waals surface area (Å²) in [5, 5.41) is 11.2. The molecule has 1 atom stereocenters. The van der Waals surface area contributed by atoms with Crippen LogP contribution in [0.4, 0.5) is 10.7 Å². The van der Waals surface area contributed by atoms with E-state index in [0.29, 0.717) is 47.6 Å². The highest BCUT2D eigenvalue weighted by Gasteiger charge is 2.33. The maximum atomic E-state index is 12.0. The van der Waals surface area contributed by atoms with E-state index < -0.39 is 5.97 Å². The molecule has 0 saturated carbocycles. The van der Waals surface area contributed by atoms with Crippen LogP contribution in [0.15, 0.2) is 24.3 Å². The minimum atomic E-state index is -1.01. The van der Waals surface area contributed by atoms with E-state index in [4.69, 9.17) is 22.9 Å². The van der Waals surface area contributed by atoms with Crippen LogP contribution >= 0.6 is 22.9 Å². The van der Waals surface area contributed by atoms with Gasteiger partial charge in [0, 0.05) is 23.7 Å². The van der Waals surface area contributed by atoms with Gasteiger partial charge in [-0.15, -0.1) is 11.3 Å². The maximum Gasteiger partial charge on any atom is 0.344 e. The third-order valence-corrected chi connectivity index (χ3v) is 5.98. The van der Waals surface area contributed by atoms with Gasteiger partial charge in [0.2, 0.25) is 5.69 Å². The van der Waals surface area contributed by atoms with Crippen molar-refractivity contribution in [3.05, 3.63) is 56.7 Å². The molecule has 8 heteroatoms. The standard InChI is InChI=1S/C19H20ClN3O3S/c1-21-15-14(16(22(2)3)12-4-6-13(20)7-5-12)17(19(24)25)27-18(15)23-8-10-26-11-9-23/h4-7,16H,8-11H2,2-3H3,(H,24,25). The summed E-state index contributed by atoms with van der Waals surface area (Å²) in [7, 11) is 3.76. The molecule has 0 amide bonds. The van der Waals surface area contributed by atoms with E-state index in [1.54, 1.807) is 12.1 Å². The van der Waals surface area contributed by atoms with Crippen LogP contribution in [0.5, 0.6) is 0 Å². The number of nitrogens with zero attached hydrogens (tertiary/aromatic N) is 3. The Morgan fingerprint density at radius 2 is 1.96 bits per heavy atom. The monoisotopic (exact) mass is 405 g/mol. The molecule has 1 fully saturated rings. The molecule has 142 valence electrons.